The van der Waals surface area contributed by atoms with Gasteiger partial charge in [-0.25, -0.2) is 0 Å². The Morgan fingerprint density at radius 3 is 2.69 bits per heavy atom. The average molecular weight is 409 g/mol. The van der Waals surface area contributed by atoms with E-state index < -0.39 is 0 Å². The summed E-state index contributed by atoms with van der Waals surface area (Å²) in [6.45, 7) is 3.83. The van der Waals surface area contributed by atoms with Gasteiger partial charge in [0.15, 0.2) is 0 Å². The average Bonchev–Trinajstić information content (AvgIpc) is 2.96. The van der Waals surface area contributed by atoms with E-state index >= 15 is 0 Å². The lowest BCUT2D eigenvalue weighted by Crippen LogP contribution is -2.31. The summed E-state index contributed by atoms with van der Waals surface area (Å²) >= 11 is 6.02. The van der Waals surface area contributed by atoms with Gasteiger partial charge < -0.3 is 5.32 Å². The Morgan fingerprint density at radius 2 is 1.93 bits per heavy atom. The largest absolute Gasteiger partial charge is 0.322 e. The smallest absolute Gasteiger partial charge is 0.255 e. The fourth-order valence-electron chi connectivity index (χ4n) is 4.11. The minimum absolute atomic E-state index is 0.0208. The number of aryl methyl sites for hydroxylation is 1. The molecule has 2 aliphatic rings. The predicted molar refractivity (Wildman–Crippen MR) is 113 cm³/mol. The molecule has 6 heteroatoms. The molecule has 3 atom stereocenters. The number of amides is 3. The van der Waals surface area contributed by atoms with Gasteiger partial charge in [-0.2, -0.15) is 0 Å². The van der Waals surface area contributed by atoms with E-state index in [4.69, 9.17) is 11.6 Å². The molecule has 0 bridgehead atoms. The van der Waals surface area contributed by atoms with Crippen molar-refractivity contribution < 1.29 is 14.4 Å². The second kappa shape index (κ2) is 7.48. The summed E-state index contributed by atoms with van der Waals surface area (Å²) in [6.07, 6.45) is 4.54. The number of rotatable bonds is 3. The Balaban J connectivity index is 1.61. The quantitative estimate of drug-likeness (QED) is 0.596. The van der Waals surface area contributed by atoms with Crippen LogP contribution in [0.15, 0.2) is 54.6 Å². The van der Waals surface area contributed by atoms with Crippen LogP contribution in [0.2, 0.25) is 5.02 Å². The van der Waals surface area contributed by atoms with Crippen LogP contribution in [0.3, 0.4) is 0 Å². The number of carbonyl (C=O) groups is 3. The van der Waals surface area contributed by atoms with Gasteiger partial charge >= 0.3 is 0 Å². The van der Waals surface area contributed by atoms with Crippen molar-refractivity contribution in [3.63, 3.8) is 0 Å². The predicted octanol–water partition coefficient (Wildman–Crippen LogP) is 4.60. The lowest BCUT2D eigenvalue weighted by molar-refractivity contribution is -0.122. The zero-order valence-electron chi connectivity index (χ0n) is 16.2. The SMILES string of the molecule is Cc1ccc(Cl)cc1NC(=O)c1cccc(N2C(=O)[C@H]3[C@@H](C)C=CC[C@H]3C2=O)c1. The summed E-state index contributed by atoms with van der Waals surface area (Å²) in [5.74, 6) is -1.36. The molecule has 0 aromatic heterocycles. The number of allylic oxidation sites excluding steroid dienone is 2. The van der Waals surface area contributed by atoms with Gasteiger partial charge in [-0.15, -0.1) is 0 Å². The number of nitrogens with zero attached hydrogens (tertiary/aromatic N) is 1. The van der Waals surface area contributed by atoms with Crippen molar-refractivity contribution in [1.82, 2.24) is 0 Å². The van der Waals surface area contributed by atoms with Crippen LogP contribution in [0.25, 0.3) is 0 Å². The number of fused-ring (bicyclic) bond motifs is 1. The first kappa shape index (κ1) is 19.4. The molecular weight excluding hydrogens is 388 g/mol. The molecule has 0 radical (unpaired) electrons. The van der Waals surface area contributed by atoms with E-state index in [0.717, 1.165) is 5.56 Å². The van der Waals surface area contributed by atoms with Gasteiger partial charge in [0.25, 0.3) is 5.91 Å². The van der Waals surface area contributed by atoms with Crippen molar-refractivity contribution in [2.24, 2.45) is 17.8 Å². The van der Waals surface area contributed by atoms with Crippen LogP contribution < -0.4 is 10.2 Å². The van der Waals surface area contributed by atoms with Crippen LogP contribution in [-0.4, -0.2) is 17.7 Å². The van der Waals surface area contributed by atoms with Crippen LogP contribution in [0.5, 0.6) is 0 Å². The van der Waals surface area contributed by atoms with E-state index in [2.05, 4.69) is 5.32 Å². The van der Waals surface area contributed by atoms with Crippen LogP contribution in [-0.2, 0) is 9.59 Å². The fourth-order valence-corrected chi connectivity index (χ4v) is 4.28. The first-order chi connectivity index (χ1) is 13.9. The Hall–Kier alpha value is -2.92. The number of anilines is 2. The van der Waals surface area contributed by atoms with Gasteiger partial charge in [-0.05, 0) is 55.2 Å². The summed E-state index contributed by atoms with van der Waals surface area (Å²) in [4.78, 5) is 39.9. The van der Waals surface area contributed by atoms with Gasteiger partial charge in [-0.3, -0.25) is 19.3 Å². The third-order valence-electron chi connectivity index (χ3n) is 5.69. The highest BCUT2D eigenvalue weighted by Crippen LogP contribution is 2.40. The number of hydrogen-bond donors (Lipinski definition) is 1. The van der Waals surface area contributed by atoms with Crippen molar-refractivity contribution in [3.8, 4) is 0 Å². The van der Waals surface area contributed by atoms with E-state index in [9.17, 15) is 14.4 Å². The molecule has 1 fully saturated rings. The summed E-state index contributed by atoms with van der Waals surface area (Å²) in [5.41, 5.74) is 2.29. The van der Waals surface area contributed by atoms with Gasteiger partial charge in [0.2, 0.25) is 11.8 Å². The van der Waals surface area contributed by atoms with Crippen molar-refractivity contribution in [3.05, 3.63) is 70.8 Å². The maximum absolute atomic E-state index is 13.0. The lowest BCUT2D eigenvalue weighted by atomic mass is 9.78. The Bertz CT molecular complexity index is 1050. The summed E-state index contributed by atoms with van der Waals surface area (Å²) < 4.78 is 0. The normalized spacial score (nSPS) is 23.3. The van der Waals surface area contributed by atoms with Gasteiger partial charge in [0, 0.05) is 16.3 Å². The van der Waals surface area contributed by atoms with Crippen LogP contribution in [0.1, 0.15) is 29.3 Å². The molecule has 2 aromatic carbocycles. The molecule has 0 unspecified atom stereocenters. The van der Waals surface area contributed by atoms with Crippen molar-refractivity contribution in [1.29, 1.82) is 0 Å². The molecule has 1 N–H and O–H groups in total. The summed E-state index contributed by atoms with van der Waals surface area (Å²) in [6, 6.07) is 11.9. The van der Waals surface area contributed by atoms with Crippen molar-refractivity contribution in [2.75, 3.05) is 10.2 Å². The third kappa shape index (κ3) is 3.47. The maximum Gasteiger partial charge on any atom is 0.255 e. The zero-order chi connectivity index (χ0) is 20.7. The zero-order valence-corrected chi connectivity index (χ0v) is 16.9. The molecule has 1 aliphatic carbocycles. The minimum Gasteiger partial charge on any atom is -0.322 e. The first-order valence-corrected chi connectivity index (χ1v) is 9.96. The van der Waals surface area contributed by atoms with E-state index in [1.54, 1.807) is 36.4 Å². The van der Waals surface area contributed by atoms with E-state index in [1.807, 2.05) is 32.1 Å². The van der Waals surface area contributed by atoms with Gasteiger partial charge in [-0.1, -0.05) is 42.8 Å². The molecule has 0 saturated carbocycles. The molecule has 5 nitrogen and oxygen atoms in total. The number of nitrogens with one attached hydrogen (secondary N) is 1. The number of imide groups is 1. The summed E-state index contributed by atoms with van der Waals surface area (Å²) in [5, 5.41) is 3.37. The highest BCUT2D eigenvalue weighted by Gasteiger charge is 2.50. The second-order valence-corrected chi connectivity index (χ2v) is 8.07. The highest BCUT2D eigenvalue weighted by molar-refractivity contribution is 6.31. The van der Waals surface area contributed by atoms with Crippen molar-refractivity contribution in [2.45, 2.75) is 20.3 Å². The first-order valence-electron chi connectivity index (χ1n) is 9.59. The molecule has 148 valence electrons. The Morgan fingerprint density at radius 1 is 1.14 bits per heavy atom. The molecule has 1 saturated heterocycles. The van der Waals surface area contributed by atoms with Crippen molar-refractivity contribution >= 4 is 40.7 Å². The van der Waals surface area contributed by atoms with Gasteiger partial charge in [0.1, 0.15) is 0 Å². The monoisotopic (exact) mass is 408 g/mol. The molecule has 1 heterocycles. The highest BCUT2D eigenvalue weighted by atomic mass is 35.5. The lowest BCUT2D eigenvalue weighted by Gasteiger charge is -2.22. The second-order valence-electron chi connectivity index (χ2n) is 7.63. The van der Waals surface area contributed by atoms with Crippen LogP contribution >= 0.6 is 11.6 Å². The molecule has 4 rings (SSSR count). The third-order valence-corrected chi connectivity index (χ3v) is 5.92. The van der Waals surface area contributed by atoms with E-state index in [0.29, 0.717) is 28.4 Å². The molecule has 1 aliphatic heterocycles. The minimum atomic E-state index is -0.334. The van der Waals surface area contributed by atoms with Crippen LogP contribution in [0.4, 0.5) is 11.4 Å². The maximum atomic E-state index is 13.0. The molecule has 29 heavy (non-hydrogen) atoms. The molecule has 0 spiro atoms. The molecular formula is C23H21ClN2O3. The number of carbonyl (C=O) groups excluding carboxylic acids is 3. The van der Waals surface area contributed by atoms with Crippen LogP contribution in [0, 0.1) is 24.7 Å². The Labute approximate surface area is 174 Å². The number of hydrogen-bond acceptors (Lipinski definition) is 3. The van der Waals surface area contributed by atoms with E-state index in [-0.39, 0.29) is 35.5 Å². The van der Waals surface area contributed by atoms with Gasteiger partial charge in [0.05, 0.1) is 17.5 Å². The van der Waals surface area contributed by atoms with E-state index in [1.165, 1.54) is 4.90 Å². The fraction of sp³-hybridized carbons (Fsp3) is 0.261. The standard InChI is InChI=1S/C23H21ClN2O3/c1-13-9-10-16(24)12-19(13)25-21(27)15-6-4-7-17(11-15)26-22(28)18-8-3-5-14(2)20(18)23(26)29/h3-7,9-12,14,18,20H,8H2,1-2H3,(H,25,27)/t14-,18+,20-/m0/s1. The topological polar surface area (TPSA) is 66.5 Å². The number of halogens is 1. The summed E-state index contributed by atoms with van der Waals surface area (Å²) in [7, 11) is 0. The Kier molecular flexibility index (Phi) is 5.01. The molecule has 2 aromatic rings. The molecule has 3 amide bonds. The number of benzene rings is 2.